The Bertz CT molecular complexity index is 241. The van der Waals surface area contributed by atoms with Gasteiger partial charge in [-0.05, 0) is 0 Å². The molecule has 62 valence electrons. The molecule has 0 aliphatic rings. The minimum Gasteiger partial charge on any atom is -0.339 e. The molecule has 0 aliphatic heterocycles. The predicted octanol–water partition coefficient (Wildman–Crippen LogP) is 1.74. The topological polar surface area (TPSA) is 38.9 Å². The highest BCUT2D eigenvalue weighted by Gasteiger charge is 2.30. The summed E-state index contributed by atoms with van der Waals surface area (Å²) >= 11 is 0. The number of aromatic nitrogens is 2. The second-order valence-electron chi connectivity index (χ2n) is 2.25. The van der Waals surface area contributed by atoms with Crippen LogP contribution in [0.4, 0.5) is 8.78 Å². The second kappa shape index (κ2) is 2.56. The zero-order valence-corrected chi connectivity index (χ0v) is 6.27. The van der Waals surface area contributed by atoms with Crippen LogP contribution in [0.2, 0.25) is 0 Å². The van der Waals surface area contributed by atoms with Gasteiger partial charge >= 0.3 is 5.92 Å². The average molecular weight is 162 g/mol. The van der Waals surface area contributed by atoms with E-state index in [1.165, 1.54) is 0 Å². The molecule has 0 spiro atoms. The zero-order valence-electron chi connectivity index (χ0n) is 6.27. The fourth-order valence-electron chi connectivity index (χ4n) is 0.577. The van der Waals surface area contributed by atoms with Gasteiger partial charge in [-0.2, -0.15) is 13.8 Å². The van der Waals surface area contributed by atoms with Gasteiger partial charge in [-0.3, -0.25) is 0 Å². The molecular weight excluding hydrogens is 154 g/mol. The number of halogens is 2. The summed E-state index contributed by atoms with van der Waals surface area (Å²) in [7, 11) is 0. The van der Waals surface area contributed by atoms with E-state index in [-0.39, 0.29) is 5.89 Å². The molecule has 1 aromatic heterocycles. The molecule has 1 heterocycles. The molecule has 0 amide bonds. The summed E-state index contributed by atoms with van der Waals surface area (Å²) in [5.74, 6) is -3.31. The van der Waals surface area contributed by atoms with Crippen LogP contribution in [0, 0.1) is 0 Å². The number of hydrogen-bond acceptors (Lipinski definition) is 3. The average Bonchev–Trinajstić information content (AvgIpc) is 2.32. The van der Waals surface area contributed by atoms with Crippen molar-refractivity contribution in [3.05, 3.63) is 11.7 Å². The summed E-state index contributed by atoms with van der Waals surface area (Å²) in [4.78, 5) is 3.47. The molecule has 0 aromatic carbocycles. The highest BCUT2D eigenvalue weighted by Crippen LogP contribution is 2.23. The highest BCUT2D eigenvalue weighted by molar-refractivity contribution is 4.92. The molecule has 0 atom stereocenters. The van der Waals surface area contributed by atoms with Gasteiger partial charge in [0.15, 0.2) is 0 Å². The van der Waals surface area contributed by atoms with Crippen molar-refractivity contribution in [2.24, 2.45) is 0 Å². The normalized spacial score (nSPS) is 12.0. The van der Waals surface area contributed by atoms with Gasteiger partial charge in [-0.15, -0.1) is 0 Å². The maximum absolute atomic E-state index is 12.4. The van der Waals surface area contributed by atoms with Crippen molar-refractivity contribution in [3.63, 3.8) is 0 Å². The lowest BCUT2D eigenvalue weighted by Crippen LogP contribution is -2.09. The number of hydrogen-bond donors (Lipinski definition) is 0. The molecule has 0 bridgehead atoms. The highest BCUT2D eigenvalue weighted by atomic mass is 19.3. The molecule has 1 rings (SSSR count). The Labute approximate surface area is 62.4 Å². The fourth-order valence-corrected chi connectivity index (χ4v) is 0.577. The van der Waals surface area contributed by atoms with E-state index in [4.69, 9.17) is 0 Å². The van der Waals surface area contributed by atoms with Crippen LogP contribution in [0.1, 0.15) is 25.6 Å². The summed E-state index contributed by atoms with van der Waals surface area (Å²) in [6.45, 7) is 2.49. The maximum Gasteiger partial charge on any atom is 0.307 e. The first-order chi connectivity index (χ1) is 5.04. The van der Waals surface area contributed by atoms with Crippen LogP contribution in [0.15, 0.2) is 4.52 Å². The van der Waals surface area contributed by atoms with E-state index in [0.29, 0.717) is 6.42 Å². The van der Waals surface area contributed by atoms with E-state index in [0.717, 1.165) is 6.92 Å². The molecule has 0 aliphatic carbocycles. The van der Waals surface area contributed by atoms with Crippen LogP contribution >= 0.6 is 0 Å². The van der Waals surface area contributed by atoms with Crippen LogP contribution in [0.5, 0.6) is 0 Å². The van der Waals surface area contributed by atoms with E-state index in [2.05, 4.69) is 14.7 Å². The van der Waals surface area contributed by atoms with E-state index >= 15 is 0 Å². The molecule has 0 N–H and O–H groups in total. The first kappa shape index (κ1) is 8.10. The van der Waals surface area contributed by atoms with E-state index < -0.39 is 11.7 Å². The van der Waals surface area contributed by atoms with Gasteiger partial charge in [-0.1, -0.05) is 12.1 Å². The van der Waals surface area contributed by atoms with Crippen molar-refractivity contribution in [1.82, 2.24) is 10.1 Å². The zero-order chi connectivity index (χ0) is 8.48. The van der Waals surface area contributed by atoms with Crippen molar-refractivity contribution in [1.29, 1.82) is 0 Å². The van der Waals surface area contributed by atoms with E-state index in [1.54, 1.807) is 6.92 Å². The number of alkyl halides is 2. The Morgan fingerprint density at radius 1 is 1.55 bits per heavy atom. The van der Waals surface area contributed by atoms with Gasteiger partial charge in [0, 0.05) is 13.3 Å². The van der Waals surface area contributed by atoms with Crippen LogP contribution in [0.3, 0.4) is 0 Å². The lowest BCUT2D eigenvalue weighted by molar-refractivity contribution is 0.00559. The van der Waals surface area contributed by atoms with Gasteiger partial charge in [0.1, 0.15) is 0 Å². The van der Waals surface area contributed by atoms with Gasteiger partial charge in [0.25, 0.3) is 0 Å². The Morgan fingerprint density at radius 2 is 2.18 bits per heavy atom. The van der Waals surface area contributed by atoms with Crippen molar-refractivity contribution >= 4 is 0 Å². The fraction of sp³-hybridized carbons (Fsp3) is 0.667. The van der Waals surface area contributed by atoms with E-state index in [1.807, 2.05) is 0 Å². The lowest BCUT2D eigenvalue weighted by Gasteiger charge is -2.00. The molecule has 0 fully saturated rings. The quantitative estimate of drug-likeness (QED) is 0.664. The third-order valence-corrected chi connectivity index (χ3v) is 1.16. The molecule has 0 saturated heterocycles. The summed E-state index contributed by atoms with van der Waals surface area (Å²) in [6.07, 6.45) is 0.475. The minimum absolute atomic E-state index is 0.238. The van der Waals surface area contributed by atoms with Crippen LogP contribution < -0.4 is 0 Å². The minimum atomic E-state index is -3.00. The first-order valence-corrected chi connectivity index (χ1v) is 3.25. The second-order valence-corrected chi connectivity index (χ2v) is 2.25. The van der Waals surface area contributed by atoms with Crippen molar-refractivity contribution in [2.45, 2.75) is 26.2 Å². The molecule has 11 heavy (non-hydrogen) atoms. The third kappa shape index (κ3) is 1.72. The summed E-state index contributed by atoms with van der Waals surface area (Å²) < 4.78 is 29.3. The molecule has 3 nitrogen and oxygen atoms in total. The predicted molar refractivity (Wildman–Crippen MR) is 33.2 cm³/mol. The molecule has 5 heteroatoms. The first-order valence-electron chi connectivity index (χ1n) is 3.25. The summed E-state index contributed by atoms with van der Waals surface area (Å²) in [5.41, 5.74) is 0. The Morgan fingerprint density at radius 3 is 2.45 bits per heavy atom. The van der Waals surface area contributed by atoms with Crippen LogP contribution in [-0.4, -0.2) is 10.1 Å². The third-order valence-electron chi connectivity index (χ3n) is 1.16. The molecule has 0 saturated carbocycles. The molecule has 0 unspecified atom stereocenters. The monoisotopic (exact) mass is 162 g/mol. The summed E-state index contributed by atoms with van der Waals surface area (Å²) in [5, 5.41) is 3.12. The Balaban J connectivity index is 2.89. The summed E-state index contributed by atoms with van der Waals surface area (Å²) in [6, 6.07) is 0. The molecular formula is C6H8F2N2O. The van der Waals surface area contributed by atoms with Crippen LogP contribution in [-0.2, 0) is 12.3 Å². The number of nitrogens with zero attached hydrogens (tertiary/aromatic N) is 2. The number of rotatable bonds is 2. The van der Waals surface area contributed by atoms with Gasteiger partial charge in [0.2, 0.25) is 11.7 Å². The number of aryl methyl sites for hydroxylation is 1. The Kier molecular flexibility index (Phi) is 1.89. The van der Waals surface area contributed by atoms with Gasteiger partial charge < -0.3 is 4.52 Å². The molecule has 1 aromatic rings. The van der Waals surface area contributed by atoms with Crippen molar-refractivity contribution in [2.75, 3.05) is 0 Å². The largest absolute Gasteiger partial charge is 0.339 e. The van der Waals surface area contributed by atoms with Gasteiger partial charge in [-0.25, -0.2) is 0 Å². The van der Waals surface area contributed by atoms with Crippen molar-refractivity contribution < 1.29 is 13.3 Å². The van der Waals surface area contributed by atoms with Crippen molar-refractivity contribution in [3.8, 4) is 0 Å². The SMILES string of the molecule is CCc1nc(C(C)(F)F)no1. The maximum atomic E-state index is 12.4. The Hall–Kier alpha value is -1.00. The van der Waals surface area contributed by atoms with E-state index in [9.17, 15) is 8.78 Å². The van der Waals surface area contributed by atoms with Crippen LogP contribution in [0.25, 0.3) is 0 Å². The molecule has 0 radical (unpaired) electrons. The smallest absolute Gasteiger partial charge is 0.307 e. The lowest BCUT2D eigenvalue weighted by atomic mass is 10.4. The van der Waals surface area contributed by atoms with Gasteiger partial charge in [0.05, 0.1) is 0 Å². The standard InChI is InChI=1S/C6H8F2N2O/c1-3-4-9-5(10-11-4)6(2,7)8/h3H2,1-2H3.